The Balaban J connectivity index is 2.02. The van der Waals surface area contributed by atoms with Crippen molar-refractivity contribution in [2.24, 2.45) is 5.14 Å². The molecule has 0 aliphatic carbocycles. The number of hydrogen-bond donors (Lipinski definition) is 2. The third-order valence-corrected chi connectivity index (χ3v) is 6.03. The van der Waals surface area contributed by atoms with Gasteiger partial charge in [0, 0.05) is 5.56 Å². The highest BCUT2D eigenvalue weighted by atomic mass is 32.2. The van der Waals surface area contributed by atoms with Crippen LogP contribution in [0.1, 0.15) is 41.3 Å². The number of hydrogen-bond acceptors (Lipinski definition) is 7. The van der Waals surface area contributed by atoms with E-state index < -0.39 is 42.8 Å². The highest BCUT2D eigenvalue weighted by molar-refractivity contribution is 7.89. The molecule has 3 N–H and O–H groups in total. The van der Waals surface area contributed by atoms with E-state index in [9.17, 15) is 28.4 Å². The van der Waals surface area contributed by atoms with E-state index >= 15 is 0 Å². The van der Waals surface area contributed by atoms with Crippen LogP contribution >= 0.6 is 0 Å². The maximum atomic E-state index is 12.3. The second kappa shape index (κ2) is 11.0. The van der Waals surface area contributed by atoms with Gasteiger partial charge in [0.15, 0.2) is 0 Å². The maximum Gasteiger partial charge on any atom is 0.336 e. The number of nitro benzene ring substituents is 1. The Morgan fingerprint density at radius 3 is 2.26 bits per heavy atom. The van der Waals surface area contributed by atoms with Crippen LogP contribution in [0.4, 0.5) is 5.69 Å². The number of rotatable bonds is 11. The number of ether oxygens (including phenoxy) is 2. The summed E-state index contributed by atoms with van der Waals surface area (Å²) in [6, 6.07) is 16.3. The van der Waals surface area contributed by atoms with Gasteiger partial charge in [0.05, 0.1) is 10.5 Å². The molecular formula is C24H24N2O8S. The van der Waals surface area contributed by atoms with Gasteiger partial charge in [0.2, 0.25) is 15.8 Å². The zero-order valence-electron chi connectivity index (χ0n) is 18.8. The number of carbonyl (C=O) groups is 1. The van der Waals surface area contributed by atoms with Gasteiger partial charge in [0.25, 0.3) is 0 Å². The number of nitrogens with zero attached hydrogens (tertiary/aromatic N) is 1. The molecule has 3 aromatic rings. The van der Waals surface area contributed by atoms with Crippen molar-refractivity contribution in [3.8, 4) is 17.2 Å². The Morgan fingerprint density at radius 1 is 1.09 bits per heavy atom. The van der Waals surface area contributed by atoms with Crippen molar-refractivity contribution in [2.75, 3.05) is 0 Å². The SMILES string of the molecule is CCCCc1c(C(=O)O)cc(S(N)(=O)=O)c(Oc2ccc(OCc3ccccc3)cc2)c1[N+](=O)[O-]. The number of unbranched alkanes of at least 4 members (excludes halogenated alkanes) is 1. The summed E-state index contributed by atoms with van der Waals surface area (Å²) >= 11 is 0. The lowest BCUT2D eigenvalue weighted by atomic mass is 9.99. The number of carboxylic acid groups (broad SMARTS) is 1. The van der Waals surface area contributed by atoms with Crippen molar-refractivity contribution >= 4 is 21.7 Å². The highest BCUT2D eigenvalue weighted by Crippen LogP contribution is 2.42. The fourth-order valence-electron chi connectivity index (χ4n) is 3.43. The lowest BCUT2D eigenvalue weighted by Crippen LogP contribution is -2.17. The first kappa shape index (κ1) is 25.7. The molecule has 0 bridgehead atoms. The molecule has 0 amide bonds. The van der Waals surface area contributed by atoms with Gasteiger partial charge in [-0.1, -0.05) is 43.7 Å². The summed E-state index contributed by atoms with van der Waals surface area (Å²) in [6.45, 7) is 2.16. The third-order valence-electron chi connectivity index (χ3n) is 5.12. The fraction of sp³-hybridized carbons (Fsp3) is 0.208. The molecule has 0 saturated carbocycles. The van der Waals surface area contributed by atoms with Gasteiger partial charge in [-0.05, 0) is 48.7 Å². The maximum absolute atomic E-state index is 12.3. The Hall–Kier alpha value is -3.96. The quantitative estimate of drug-likeness (QED) is 0.284. The van der Waals surface area contributed by atoms with E-state index in [2.05, 4.69) is 0 Å². The minimum Gasteiger partial charge on any atom is -0.489 e. The van der Waals surface area contributed by atoms with Gasteiger partial charge >= 0.3 is 11.7 Å². The van der Waals surface area contributed by atoms with Crippen LogP contribution in [0.3, 0.4) is 0 Å². The highest BCUT2D eigenvalue weighted by Gasteiger charge is 2.34. The van der Waals surface area contributed by atoms with E-state index in [1.54, 1.807) is 12.1 Å². The molecule has 0 aliphatic heterocycles. The molecule has 0 heterocycles. The number of aromatic carboxylic acids is 1. The molecular weight excluding hydrogens is 476 g/mol. The average molecular weight is 501 g/mol. The second-order valence-electron chi connectivity index (χ2n) is 7.64. The second-order valence-corrected chi connectivity index (χ2v) is 9.17. The van der Waals surface area contributed by atoms with Gasteiger partial charge in [0.1, 0.15) is 23.0 Å². The number of nitrogens with two attached hydrogens (primary N) is 1. The minimum absolute atomic E-state index is 0.0436. The summed E-state index contributed by atoms with van der Waals surface area (Å²) in [5.74, 6) is -1.57. The van der Waals surface area contributed by atoms with Gasteiger partial charge in [-0.25, -0.2) is 18.4 Å². The number of primary sulfonamides is 1. The van der Waals surface area contributed by atoms with E-state index in [1.807, 2.05) is 37.3 Å². The summed E-state index contributed by atoms with van der Waals surface area (Å²) in [6.07, 6.45) is 1.12. The van der Waals surface area contributed by atoms with Crippen molar-refractivity contribution < 1.29 is 32.7 Å². The van der Waals surface area contributed by atoms with Crippen molar-refractivity contribution in [3.05, 3.63) is 87.5 Å². The summed E-state index contributed by atoms with van der Waals surface area (Å²) in [5, 5.41) is 26.9. The number of benzene rings is 3. The standard InChI is InChI=1S/C24H24N2O8S/c1-2-3-9-19-20(24(27)28)14-21(35(25,31)32)23(22(19)26(29)30)34-18-12-10-17(11-13-18)33-15-16-7-5-4-6-8-16/h4-8,10-14H,2-3,9,15H2,1H3,(H,27,28)(H2,25,31,32). The van der Waals surface area contributed by atoms with Crippen LogP contribution in [-0.2, 0) is 23.1 Å². The monoisotopic (exact) mass is 500 g/mol. The molecule has 10 nitrogen and oxygen atoms in total. The van der Waals surface area contributed by atoms with E-state index in [0.717, 1.165) is 11.6 Å². The zero-order chi connectivity index (χ0) is 25.6. The lowest BCUT2D eigenvalue weighted by Gasteiger charge is -2.15. The van der Waals surface area contributed by atoms with Gasteiger partial charge < -0.3 is 14.6 Å². The molecule has 0 unspecified atom stereocenters. The summed E-state index contributed by atoms with van der Waals surface area (Å²) < 4.78 is 35.9. The predicted octanol–water partition coefficient (Wildman–Crippen LogP) is 4.65. The predicted molar refractivity (Wildman–Crippen MR) is 127 cm³/mol. The van der Waals surface area contributed by atoms with Gasteiger partial charge in [-0.2, -0.15) is 0 Å². The lowest BCUT2D eigenvalue weighted by molar-refractivity contribution is -0.386. The van der Waals surface area contributed by atoms with Crippen molar-refractivity contribution in [3.63, 3.8) is 0 Å². The van der Waals surface area contributed by atoms with Crippen LogP contribution in [0, 0.1) is 10.1 Å². The molecule has 11 heteroatoms. The number of carboxylic acids is 1. The van der Waals surface area contributed by atoms with Crippen LogP contribution in [-0.4, -0.2) is 24.4 Å². The van der Waals surface area contributed by atoms with Crippen molar-refractivity contribution in [2.45, 2.75) is 37.7 Å². The van der Waals surface area contributed by atoms with Crippen LogP contribution in [0.15, 0.2) is 65.6 Å². The molecule has 0 aliphatic rings. The molecule has 0 saturated heterocycles. The summed E-state index contributed by atoms with van der Waals surface area (Å²) in [5.41, 5.74) is -0.424. The normalized spacial score (nSPS) is 11.1. The molecule has 0 radical (unpaired) electrons. The van der Waals surface area contributed by atoms with E-state index in [4.69, 9.17) is 14.6 Å². The van der Waals surface area contributed by atoms with Crippen LogP contribution in [0.25, 0.3) is 0 Å². The van der Waals surface area contributed by atoms with E-state index in [-0.39, 0.29) is 17.7 Å². The van der Waals surface area contributed by atoms with E-state index in [0.29, 0.717) is 25.2 Å². The van der Waals surface area contributed by atoms with Crippen LogP contribution in [0.5, 0.6) is 17.2 Å². The first-order chi connectivity index (χ1) is 16.6. The summed E-state index contributed by atoms with van der Waals surface area (Å²) in [7, 11) is -4.57. The smallest absolute Gasteiger partial charge is 0.336 e. The first-order valence-electron chi connectivity index (χ1n) is 10.7. The minimum atomic E-state index is -4.57. The molecule has 35 heavy (non-hydrogen) atoms. The topological polar surface area (TPSA) is 159 Å². The average Bonchev–Trinajstić information content (AvgIpc) is 2.81. The Labute approximate surface area is 202 Å². The summed E-state index contributed by atoms with van der Waals surface area (Å²) in [4.78, 5) is 22.2. The fourth-order valence-corrected chi connectivity index (χ4v) is 4.11. The zero-order valence-corrected chi connectivity index (χ0v) is 19.7. The van der Waals surface area contributed by atoms with Crippen molar-refractivity contribution in [1.82, 2.24) is 0 Å². The molecule has 0 atom stereocenters. The van der Waals surface area contributed by atoms with Gasteiger partial charge in [-0.15, -0.1) is 0 Å². The Bertz CT molecular complexity index is 1320. The molecule has 0 fully saturated rings. The number of nitro groups is 1. The number of sulfonamides is 1. The molecule has 0 aromatic heterocycles. The molecule has 184 valence electrons. The first-order valence-corrected chi connectivity index (χ1v) is 12.2. The molecule has 0 spiro atoms. The molecule has 3 rings (SSSR count). The largest absolute Gasteiger partial charge is 0.489 e. The van der Waals surface area contributed by atoms with Crippen LogP contribution in [0.2, 0.25) is 0 Å². The molecule has 3 aromatic carbocycles. The Kier molecular flexibility index (Phi) is 8.05. The Morgan fingerprint density at radius 2 is 1.71 bits per heavy atom. The van der Waals surface area contributed by atoms with E-state index in [1.165, 1.54) is 12.1 Å². The third kappa shape index (κ3) is 6.34. The van der Waals surface area contributed by atoms with Crippen LogP contribution < -0.4 is 14.6 Å². The van der Waals surface area contributed by atoms with Gasteiger partial charge in [-0.3, -0.25) is 10.1 Å². The van der Waals surface area contributed by atoms with Crippen molar-refractivity contribution in [1.29, 1.82) is 0 Å².